The highest BCUT2D eigenvalue weighted by atomic mass is 16.1. The molecule has 0 aliphatic carbocycles. The molecular weight excluding hydrogens is 264 g/mol. The highest BCUT2D eigenvalue weighted by molar-refractivity contribution is 5.44. The SMILES string of the molecule is O=c1ccc(CNC2CCN(c3ccncc3)CC2)c[nH]1. The van der Waals surface area contributed by atoms with Gasteiger partial charge in [-0.25, -0.2) is 0 Å². The number of nitrogens with zero attached hydrogens (tertiary/aromatic N) is 2. The molecule has 5 nitrogen and oxygen atoms in total. The quantitative estimate of drug-likeness (QED) is 0.894. The van der Waals surface area contributed by atoms with E-state index in [4.69, 9.17) is 0 Å². The van der Waals surface area contributed by atoms with E-state index in [9.17, 15) is 4.79 Å². The number of piperidine rings is 1. The van der Waals surface area contributed by atoms with E-state index < -0.39 is 0 Å². The van der Waals surface area contributed by atoms with Gasteiger partial charge in [0.05, 0.1) is 0 Å². The topological polar surface area (TPSA) is 61.0 Å². The molecule has 2 aromatic heterocycles. The van der Waals surface area contributed by atoms with Crippen LogP contribution < -0.4 is 15.8 Å². The zero-order valence-corrected chi connectivity index (χ0v) is 12.0. The fraction of sp³-hybridized carbons (Fsp3) is 0.375. The maximum absolute atomic E-state index is 11.0. The van der Waals surface area contributed by atoms with Crippen molar-refractivity contribution in [2.75, 3.05) is 18.0 Å². The smallest absolute Gasteiger partial charge is 0.247 e. The fourth-order valence-corrected chi connectivity index (χ4v) is 2.71. The Kier molecular flexibility index (Phi) is 4.31. The number of pyridine rings is 2. The van der Waals surface area contributed by atoms with Gasteiger partial charge in [0.15, 0.2) is 0 Å². The van der Waals surface area contributed by atoms with Crippen LogP contribution in [0, 0.1) is 0 Å². The van der Waals surface area contributed by atoms with E-state index in [1.54, 1.807) is 12.3 Å². The molecule has 0 bridgehead atoms. The predicted octanol–water partition coefficient (Wildman–Crippen LogP) is 1.53. The highest BCUT2D eigenvalue weighted by Gasteiger charge is 2.18. The summed E-state index contributed by atoms with van der Waals surface area (Å²) in [6.07, 6.45) is 7.73. The standard InChI is InChI=1S/C16H20N4O/c21-16-2-1-13(12-19-16)11-18-14-5-9-20(10-6-14)15-3-7-17-8-4-15/h1-4,7-8,12,14,18H,5-6,9-11H2,(H,19,21). The van der Waals surface area contributed by atoms with E-state index in [2.05, 4.69) is 32.3 Å². The molecule has 1 fully saturated rings. The van der Waals surface area contributed by atoms with Gasteiger partial charge in [-0.2, -0.15) is 0 Å². The molecule has 5 heteroatoms. The number of aromatic nitrogens is 2. The third-order valence-corrected chi connectivity index (χ3v) is 3.97. The molecule has 0 spiro atoms. The number of hydrogen-bond acceptors (Lipinski definition) is 4. The van der Waals surface area contributed by atoms with Crippen LogP contribution in [0.2, 0.25) is 0 Å². The van der Waals surface area contributed by atoms with Gasteiger partial charge >= 0.3 is 0 Å². The van der Waals surface area contributed by atoms with Crippen LogP contribution in [0.3, 0.4) is 0 Å². The minimum absolute atomic E-state index is 0.0515. The lowest BCUT2D eigenvalue weighted by atomic mass is 10.0. The first-order valence-electron chi connectivity index (χ1n) is 7.37. The summed E-state index contributed by atoms with van der Waals surface area (Å²) in [5.74, 6) is 0. The predicted molar refractivity (Wildman–Crippen MR) is 83.4 cm³/mol. The summed E-state index contributed by atoms with van der Waals surface area (Å²) >= 11 is 0. The minimum Gasteiger partial charge on any atom is -0.371 e. The number of rotatable bonds is 4. The van der Waals surface area contributed by atoms with Gasteiger partial charge in [-0.1, -0.05) is 6.07 Å². The maximum Gasteiger partial charge on any atom is 0.247 e. The normalized spacial score (nSPS) is 16.1. The van der Waals surface area contributed by atoms with Crippen molar-refractivity contribution >= 4 is 5.69 Å². The molecule has 2 N–H and O–H groups in total. The first kappa shape index (κ1) is 13.8. The van der Waals surface area contributed by atoms with Crippen molar-refractivity contribution in [1.82, 2.24) is 15.3 Å². The molecule has 0 amide bonds. The van der Waals surface area contributed by atoms with Crippen LogP contribution >= 0.6 is 0 Å². The van der Waals surface area contributed by atoms with Crippen molar-refractivity contribution in [2.24, 2.45) is 0 Å². The van der Waals surface area contributed by atoms with E-state index in [1.165, 1.54) is 5.69 Å². The zero-order chi connectivity index (χ0) is 14.5. The Morgan fingerprint density at radius 3 is 2.62 bits per heavy atom. The number of hydrogen-bond donors (Lipinski definition) is 2. The van der Waals surface area contributed by atoms with Crippen LogP contribution in [0.4, 0.5) is 5.69 Å². The number of aromatic amines is 1. The lowest BCUT2D eigenvalue weighted by Crippen LogP contribution is -2.42. The second kappa shape index (κ2) is 6.54. The first-order valence-corrected chi connectivity index (χ1v) is 7.37. The molecule has 1 saturated heterocycles. The maximum atomic E-state index is 11.0. The number of anilines is 1. The molecule has 3 heterocycles. The van der Waals surface area contributed by atoms with Crippen LogP contribution in [0.5, 0.6) is 0 Å². The van der Waals surface area contributed by atoms with Gasteiger partial charge in [-0.15, -0.1) is 0 Å². The Bertz CT molecular complexity index is 597. The van der Waals surface area contributed by atoms with Crippen molar-refractivity contribution in [1.29, 1.82) is 0 Å². The highest BCUT2D eigenvalue weighted by Crippen LogP contribution is 2.19. The van der Waals surface area contributed by atoms with Crippen LogP contribution in [0.25, 0.3) is 0 Å². The summed E-state index contributed by atoms with van der Waals surface area (Å²) in [4.78, 5) is 20.2. The van der Waals surface area contributed by atoms with Gasteiger partial charge in [-0.05, 0) is 30.5 Å². The van der Waals surface area contributed by atoms with Crippen molar-refractivity contribution in [3.05, 3.63) is 58.8 Å². The summed E-state index contributed by atoms with van der Waals surface area (Å²) in [5.41, 5.74) is 2.32. The van der Waals surface area contributed by atoms with E-state index in [-0.39, 0.29) is 5.56 Å². The zero-order valence-electron chi connectivity index (χ0n) is 12.0. The molecule has 0 radical (unpaired) electrons. The summed E-state index contributed by atoms with van der Waals surface area (Å²) in [6.45, 7) is 2.93. The molecule has 0 saturated carbocycles. The summed E-state index contributed by atoms with van der Waals surface area (Å²) in [6, 6.07) is 8.11. The van der Waals surface area contributed by atoms with Gasteiger partial charge in [0.2, 0.25) is 5.56 Å². The Labute approximate surface area is 124 Å². The molecule has 3 rings (SSSR count). The Balaban J connectivity index is 1.48. The summed E-state index contributed by atoms with van der Waals surface area (Å²) < 4.78 is 0. The second-order valence-corrected chi connectivity index (χ2v) is 5.41. The molecule has 21 heavy (non-hydrogen) atoms. The lowest BCUT2D eigenvalue weighted by Gasteiger charge is -2.34. The number of nitrogens with one attached hydrogen (secondary N) is 2. The van der Waals surface area contributed by atoms with Gasteiger partial charge in [-0.3, -0.25) is 9.78 Å². The van der Waals surface area contributed by atoms with Crippen molar-refractivity contribution in [2.45, 2.75) is 25.4 Å². The van der Waals surface area contributed by atoms with Gasteiger partial charge in [0.1, 0.15) is 0 Å². The Morgan fingerprint density at radius 2 is 1.95 bits per heavy atom. The molecular formula is C16H20N4O. The average molecular weight is 284 g/mol. The van der Waals surface area contributed by atoms with E-state index in [0.717, 1.165) is 38.0 Å². The molecule has 1 aliphatic rings. The van der Waals surface area contributed by atoms with Crippen molar-refractivity contribution in [3.63, 3.8) is 0 Å². The molecule has 1 aliphatic heterocycles. The molecule has 0 unspecified atom stereocenters. The third-order valence-electron chi connectivity index (χ3n) is 3.97. The molecule has 110 valence electrons. The van der Waals surface area contributed by atoms with Gasteiger partial charge in [0, 0.05) is 56.0 Å². The van der Waals surface area contributed by atoms with Crippen LogP contribution in [-0.4, -0.2) is 29.1 Å². The summed E-state index contributed by atoms with van der Waals surface area (Å²) in [5, 5.41) is 3.57. The van der Waals surface area contributed by atoms with E-state index in [0.29, 0.717) is 6.04 Å². The van der Waals surface area contributed by atoms with Crippen LogP contribution in [-0.2, 0) is 6.54 Å². The summed E-state index contributed by atoms with van der Waals surface area (Å²) in [7, 11) is 0. The van der Waals surface area contributed by atoms with E-state index >= 15 is 0 Å². The van der Waals surface area contributed by atoms with Crippen molar-refractivity contribution in [3.8, 4) is 0 Å². The largest absolute Gasteiger partial charge is 0.371 e. The molecule has 0 atom stereocenters. The van der Waals surface area contributed by atoms with Gasteiger partial charge in [0.25, 0.3) is 0 Å². The molecule has 0 aromatic carbocycles. The molecule has 2 aromatic rings. The fourth-order valence-electron chi connectivity index (χ4n) is 2.71. The Hall–Kier alpha value is -2.14. The average Bonchev–Trinajstić information content (AvgIpc) is 2.56. The van der Waals surface area contributed by atoms with Crippen LogP contribution in [0.15, 0.2) is 47.7 Å². The minimum atomic E-state index is -0.0515. The Morgan fingerprint density at radius 1 is 1.19 bits per heavy atom. The van der Waals surface area contributed by atoms with Gasteiger partial charge < -0.3 is 15.2 Å². The van der Waals surface area contributed by atoms with E-state index in [1.807, 2.05) is 18.5 Å². The lowest BCUT2D eigenvalue weighted by molar-refractivity contribution is 0.414. The third kappa shape index (κ3) is 3.70. The monoisotopic (exact) mass is 284 g/mol. The first-order chi connectivity index (χ1) is 10.3. The second-order valence-electron chi connectivity index (χ2n) is 5.41. The number of H-pyrrole nitrogens is 1. The van der Waals surface area contributed by atoms with Crippen LogP contribution in [0.1, 0.15) is 18.4 Å². The van der Waals surface area contributed by atoms with Crippen molar-refractivity contribution < 1.29 is 0 Å².